The maximum absolute atomic E-state index is 11.6. The summed E-state index contributed by atoms with van der Waals surface area (Å²) in [5, 5.41) is 19.1. The van der Waals surface area contributed by atoms with E-state index in [-0.39, 0.29) is 11.6 Å². The third-order valence-corrected chi connectivity index (χ3v) is 7.25. The molecule has 3 aromatic carbocycles. The monoisotopic (exact) mass is 565 g/mol. The van der Waals surface area contributed by atoms with Gasteiger partial charge in [0, 0.05) is 44.5 Å². The first-order chi connectivity index (χ1) is 20.3. The highest BCUT2D eigenvalue weighted by molar-refractivity contribution is 5.83. The van der Waals surface area contributed by atoms with Crippen LogP contribution in [0.3, 0.4) is 0 Å². The van der Waals surface area contributed by atoms with E-state index in [1.165, 1.54) is 17.8 Å². The van der Waals surface area contributed by atoms with E-state index in [0.29, 0.717) is 29.1 Å². The summed E-state index contributed by atoms with van der Waals surface area (Å²) >= 11 is 0. The summed E-state index contributed by atoms with van der Waals surface area (Å²) < 4.78 is 0. The van der Waals surface area contributed by atoms with Crippen LogP contribution in [0, 0.1) is 23.0 Å². The highest BCUT2D eigenvalue weighted by Crippen LogP contribution is 2.28. The number of hydrogen-bond donors (Lipinski definition) is 2. The number of piperidine rings is 1. The summed E-state index contributed by atoms with van der Waals surface area (Å²) in [7, 11) is 3.54. The third kappa shape index (κ3) is 7.36. The van der Waals surface area contributed by atoms with Gasteiger partial charge in [-0.25, -0.2) is 5.43 Å². The second-order valence-corrected chi connectivity index (χ2v) is 10.7. The van der Waals surface area contributed by atoms with Crippen molar-refractivity contribution in [2.45, 2.75) is 26.2 Å². The number of hydrogen-bond acceptors (Lipinski definition) is 10. The van der Waals surface area contributed by atoms with Crippen LogP contribution in [0.5, 0.6) is 0 Å². The molecular weight excluding hydrogens is 530 g/mol. The van der Waals surface area contributed by atoms with Crippen molar-refractivity contribution in [3.05, 3.63) is 99.6 Å². The summed E-state index contributed by atoms with van der Waals surface area (Å²) in [4.78, 5) is 29.0. The Balaban J connectivity index is 1.33. The van der Waals surface area contributed by atoms with Gasteiger partial charge in [-0.1, -0.05) is 54.1 Å². The first-order valence-electron chi connectivity index (χ1n) is 14.0. The number of aromatic nitrogens is 3. The Morgan fingerprint density at radius 2 is 1.71 bits per heavy atom. The Labute approximate surface area is 245 Å². The zero-order valence-corrected chi connectivity index (χ0v) is 24.1. The van der Waals surface area contributed by atoms with Crippen LogP contribution in [0.15, 0.2) is 77.9 Å². The van der Waals surface area contributed by atoms with Crippen molar-refractivity contribution in [1.82, 2.24) is 15.0 Å². The molecule has 0 unspecified atom stereocenters. The lowest BCUT2D eigenvalue weighted by Gasteiger charge is -2.32. The summed E-state index contributed by atoms with van der Waals surface area (Å²) in [6.07, 6.45) is 4.67. The minimum Gasteiger partial charge on any atom is -0.372 e. The highest BCUT2D eigenvalue weighted by Gasteiger charge is 2.23. The second-order valence-electron chi connectivity index (χ2n) is 10.7. The Kier molecular flexibility index (Phi) is 8.86. The van der Waals surface area contributed by atoms with Crippen LogP contribution in [0.1, 0.15) is 29.5 Å². The van der Waals surface area contributed by atoms with Gasteiger partial charge in [-0.05, 0) is 55.9 Å². The zero-order chi connectivity index (χ0) is 29.5. The molecule has 0 atom stereocenters. The number of benzene rings is 3. The topological polar surface area (TPSA) is 125 Å². The number of rotatable bonds is 10. The van der Waals surface area contributed by atoms with Crippen molar-refractivity contribution in [3.8, 4) is 0 Å². The van der Waals surface area contributed by atoms with E-state index in [0.717, 1.165) is 43.6 Å². The molecule has 0 radical (unpaired) electrons. The number of nitro benzene ring substituents is 1. The van der Waals surface area contributed by atoms with E-state index in [4.69, 9.17) is 4.98 Å². The van der Waals surface area contributed by atoms with Crippen LogP contribution in [-0.2, 0) is 6.42 Å². The maximum Gasteiger partial charge on any atom is 0.293 e. The molecule has 216 valence electrons. The van der Waals surface area contributed by atoms with E-state index in [1.807, 2.05) is 31.2 Å². The van der Waals surface area contributed by atoms with Gasteiger partial charge in [0.1, 0.15) is 5.69 Å². The Morgan fingerprint density at radius 1 is 1.00 bits per heavy atom. The smallest absolute Gasteiger partial charge is 0.293 e. The van der Waals surface area contributed by atoms with E-state index < -0.39 is 4.92 Å². The molecule has 42 heavy (non-hydrogen) atoms. The molecule has 0 spiro atoms. The largest absolute Gasteiger partial charge is 0.372 e. The van der Waals surface area contributed by atoms with Gasteiger partial charge in [0.25, 0.3) is 5.69 Å². The normalized spacial score (nSPS) is 13.7. The number of aryl methyl sites for hydroxylation is 1. The fourth-order valence-electron chi connectivity index (χ4n) is 4.97. The molecule has 11 heteroatoms. The Hall–Kier alpha value is -5.06. The van der Waals surface area contributed by atoms with Gasteiger partial charge in [-0.15, -0.1) is 0 Å². The molecule has 1 fully saturated rings. The zero-order valence-electron chi connectivity index (χ0n) is 24.1. The summed E-state index contributed by atoms with van der Waals surface area (Å²) in [5.41, 5.74) is 7.39. The first kappa shape index (κ1) is 28.5. The van der Waals surface area contributed by atoms with Gasteiger partial charge in [0.15, 0.2) is 0 Å². The van der Waals surface area contributed by atoms with E-state index in [9.17, 15) is 10.1 Å². The Bertz CT molecular complexity index is 1530. The van der Waals surface area contributed by atoms with Gasteiger partial charge in [-0.2, -0.15) is 20.1 Å². The number of hydrazone groups is 1. The fraction of sp³-hybridized carbons (Fsp3) is 0.290. The molecule has 0 aliphatic carbocycles. The molecule has 1 aromatic heterocycles. The molecule has 0 saturated carbocycles. The van der Waals surface area contributed by atoms with Gasteiger partial charge < -0.3 is 15.1 Å². The molecule has 2 N–H and O–H groups in total. The van der Waals surface area contributed by atoms with E-state index >= 15 is 0 Å². The molecule has 4 aromatic rings. The van der Waals surface area contributed by atoms with Crippen molar-refractivity contribution >= 4 is 41.1 Å². The van der Waals surface area contributed by atoms with Crippen molar-refractivity contribution in [1.29, 1.82) is 0 Å². The first-order valence-corrected chi connectivity index (χ1v) is 14.0. The summed E-state index contributed by atoms with van der Waals surface area (Å²) in [6.45, 7) is 3.72. The predicted octanol–water partition coefficient (Wildman–Crippen LogP) is 5.80. The van der Waals surface area contributed by atoms with Crippen molar-refractivity contribution in [2.24, 2.45) is 11.0 Å². The second kappa shape index (κ2) is 13.1. The quantitative estimate of drug-likeness (QED) is 0.139. The Morgan fingerprint density at radius 3 is 2.40 bits per heavy atom. The highest BCUT2D eigenvalue weighted by atomic mass is 16.6. The average Bonchev–Trinajstić information content (AvgIpc) is 2.99. The van der Waals surface area contributed by atoms with Crippen molar-refractivity contribution < 1.29 is 4.92 Å². The molecule has 1 saturated heterocycles. The van der Waals surface area contributed by atoms with Crippen LogP contribution in [0.2, 0.25) is 0 Å². The number of nitro groups is 1. The van der Waals surface area contributed by atoms with E-state index in [2.05, 4.69) is 61.0 Å². The summed E-state index contributed by atoms with van der Waals surface area (Å²) in [6, 6.07) is 23.6. The van der Waals surface area contributed by atoms with Gasteiger partial charge in [0.2, 0.25) is 17.8 Å². The van der Waals surface area contributed by atoms with E-state index in [1.54, 1.807) is 31.1 Å². The molecule has 0 bridgehead atoms. The van der Waals surface area contributed by atoms with Crippen molar-refractivity contribution in [3.63, 3.8) is 0 Å². The molecular formula is C31H35N9O2. The van der Waals surface area contributed by atoms with Crippen LogP contribution in [0.25, 0.3) is 0 Å². The van der Waals surface area contributed by atoms with Crippen LogP contribution in [0.4, 0.5) is 34.9 Å². The molecule has 0 amide bonds. The van der Waals surface area contributed by atoms with Gasteiger partial charge >= 0.3 is 0 Å². The predicted molar refractivity (Wildman–Crippen MR) is 168 cm³/mol. The fourth-order valence-corrected chi connectivity index (χ4v) is 4.97. The average molecular weight is 566 g/mol. The molecule has 2 heterocycles. The van der Waals surface area contributed by atoms with Gasteiger partial charge in [-0.3, -0.25) is 10.1 Å². The third-order valence-electron chi connectivity index (χ3n) is 7.25. The van der Waals surface area contributed by atoms with Crippen LogP contribution < -0.4 is 20.5 Å². The molecule has 1 aliphatic rings. The van der Waals surface area contributed by atoms with Crippen LogP contribution >= 0.6 is 0 Å². The lowest BCUT2D eigenvalue weighted by molar-refractivity contribution is -0.384. The summed E-state index contributed by atoms with van der Waals surface area (Å²) in [5.74, 6) is 1.86. The minimum atomic E-state index is -0.398. The molecule has 11 nitrogen and oxygen atoms in total. The van der Waals surface area contributed by atoms with Gasteiger partial charge in [0.05, 0.1) is 11.1 Å². The molecule has 5 rings (SSSR count). The number of nitrogens with one attached hydrogen (secondary N) is 2. The van der Waals surface area contributed by atoms with Crippen molar-refractivity contribution in [2.75, 3.05) is 47.7 Å². The SMILES string of the molecule is Cc1ccc(Nc2nc(NN=Cc3ccc(N(C)C)c([N+](=O)[O-])c3)nc(N3CCC(Cc4ccccc4)CC3)n2)cc1. The maximum atomic E-state index is 11.6. The lowest BCUT2D eigenvalue weighted by Crippen LogP contribution is -2.35. The standard InChI is InChI=1S/C31H35N9O2/c1-22-9-12-26(13-10-22)33-29-34-30(37-32-21-25-11-14-27(38(2)3)28(20-25)40(41)42)36-31(35-29)39-17-15-24(16-18-39)19-23-7-5-4-6-8-23/h4-14,20-21,24H,15-19H2,1-3H3,(H2,33,34,35,36,37). The number of nitrogens with zero attached hydrogens (tertiary/aromatic N) is 7. The lowest BCUT2D eigenvalue weighted by atomic mass is 9.90. The van der Waals surface area contributed by atoms with Crippen LogP contribution in [-0.4, -0.2) is 53.3 Å². The number of anilines is 5. The minimum absolute atomic E-state index is 0.00616. The molecule has 1 aliphatic heterocycles.